The van der Waals surface area contributed by atoms with E-state index in [0.29, 0.717) is 28.4 Å². The average Bonchev–Trinajstić information content (AvgIpc) is 3.33. The Morgan fingerprint density at radius 3 is 2.67 bits per heavy atom. The van der Waals surface area contributed by atoms with Crippen molar-refractivity contribution in [1.29, 1.82) is 0 Å². The van der Waals surface area contributed by atoms with E-state index < -0.39 is 0 Å². The Morgan fingerprint density at radius 2 is 1.94 bits per heavy atom. The van der Waals surface area contributed by atoms with Crippen LogP contribution in [0.25, 0.3) is 28.3 Å². The largest absolute Gasteiger partial charge is 0.330 e. The number of benzene rings is 1. The van der Waals surface area contributed by atoms with Gasteiger partial charge < -0.3 is 9.88 Å². The summed E-state index contributed by atoms with van der Waals surface area (Å²) in [5.74, 6) is 0.486. The van der Waals surface area contributed by atoms with E-state index in [0.717, 1.165) is 17.1 Å². The maximum absolute atomic E-state index is 13.4. The number of aryl methyl sites for hydroxylation is 1. The molecule has 0 bridgehead atoms. The summed E-state index contributed by atoms with van der Waals surface area (Å²) < 4.78 is 16.9. The molecule has 0 saturated carbocycles. The standard InChI is InChI=1S/C23H21FN8O/c1-14(11-26-13-25-3)23(33)29-19-12-32-20(28-19)10-9-18(30-32)22-21(27-15(2)31(22)4)16-5-7-17(24)8-6-16/h5-13H,3H2,1-2,4H3,(H,29,33)/b14-11+,26-13?. The minimum atomic E-state index is -0.347. The van der Waals surface area contributed by atoms with Crippen LogP contribution in [0.5, 0.6) is 0 Å². The van der Waals surface area contributed by atoms with Gasteiger partial charge in [-0.15, -0.1) is 0 Å². The number of imidazole rings is 2. The van der Waals surface area contributed by atoms with Crippen molar-refractivity contribution >= 4 is 30.4 Å². The van der Waals surface area contributed by atoms with Crippen molar-refractivity contribution in [2.45, 2.75) is 13.8 Å². The molecule has 0 aliphatic carbocycles. The second kappa shape index (κ2) is 8.95. The quantitative estimate of drug-likeness (QED) is 0.277. The first-order chi connectivity index (χ1) is 15.9. The number of halogens is 1. The van der Waals surface area contributed by atoms with E-state index in [-0.39, 0.29) is 11.7 Å². The van der Waals surface area contributed by atoms with Crippen molar-refractivity contribution in [1.82, 2.24) is 24.1 Å². The number of nitrogens with one attached hydrogen (secondary N) is 1. The summed E-state index contributed by atoms with van der Waals surface area (Å²) in [7, 11) is 1.90. The van der Waals surface area contributed by atoms with Gasteiger partial charge in [0.25, 0.3) is 5.91 Å². The molecule has 1 N–H and O–H groups in total. The highest BCUT2D eigenvalue weighted by Crippen LogP contribution is 2.31. The van der Waals surface area contributed by atoms with Crippen molar-refractivity contribution in [2.24, 2.45) is 17.0 Å². The molecule has 0 fully saturated rings. The number of hydrogen-bond donors (Lipinski definition) is 1. The second-order valence-corrected chi connectivity index (χ2v) is 7.28. The van der Waals surface area contributed by atoms with Gasteiger partial charge in [-0.05, 0) is 57.0 Å². The molecule has 0 unspecified atom stereocenters. The number of hydrogen-bond acceptors (Lipinski definition) is 5. The van der Waals surface area contributed by atoms with E-state index in [1.54, 1.807) is 35.8 Å². The van der Waals surface area contributed by atoms with E-state index in [9.17, 15) is 9.18 Å². The van der Waals surface area contributed by atoms with Crippen LogP contribution >= 0.6 is 0 Å². The van der Waals surface area contributed by atoms with Crippen molar-refractivity contribution in [2.75, 3.05) is 5.32 Å². The van der Waals surface area contributed by atoms with E-state index in [4.69, 9.17) is 0 Å². The number of carbonyl (C=O) groups is 1. The lowest BCUT2D eigenvalue weighted by Crippen LogP contribution is -2.12. The minimum absolute atomic E-state index is 0.310. The molecule has 0 radical (unpaired) electrons. The normalized spacial score (nSPS) is 11.9. The van der Waals surface area contributed by atoms with Gasteiger partial charge in [0.2, 0.25) is 0 Å². The van der Waals surface area contributed by atoms with Gasteiger partial charge in [0.15, 0.2) is 11.5 Å². The van der Waals surface area contributed by atoms with Crippen LogP contribution in [0.2, 0.25) is 0 Å². The highest BCUT2D eigenvalue weighted by Gasteiger charge is 2.18. The molecule has 0 saturated heterocycles. The lowest BCUT2D eigenvalue weighted by Gasteiger charge is -2.07. The van der Waals surface area contributed by atoms with Crippen molar-refractivity contribution < 1.29 is 9.18 Å². The Hall–Kier alpha value is -4.47. The van der Waals surface area contributed by atoms with Crippen LogP contribution in [0.3, 0.4) is 0 Å². The third kappa shape index (κ3) is 4.45. The van der Waals surface area contributed by atoms with Crippen LogP contribution in [0.15, 0.2) is 64.4 Å². The molecular weight excluding hydrogens is 423 g/mol. The maximum atomic E-state index is 13.4. The van der Waals surface area contributed by atoms with E-state index in [1.165, 1.54) is 24.7 Å². The smallest absolute Gasteiger partial charge is 0.254 e. The number of amides is 1. The topological polar surface area (TPSA) is 102 Å². The summed E-state index contributed by atoms with van der Waals surface area (Å²) in [4.78, 5) is 28.7. The minimum Gasteiger partial charge on any atom is -0.330 e. The van der Waals surface area contributed by atoms with E-state index in [2.05, 4.69) is 37.1 Å². The summed E-state index contributed by atoms with van der Waals surface area (Å²) in [5, 5.41) is 7.39. The third-order valence-corrected chi connectivity index (χ3v) is 5.02. The molecule has 1 amide bonds. The third-order valence-electron chi connectivity index (χ3n) is 5.02. The average molecular weight is 444 g/mol. The van der Waals surface area contributed by atoms with Crippen LogP contribution in [0, 0.1) is 12.7 Å². The number of fused-ring (bicyclic) bond motifs is 1. The number of anilines is 1. The highest BCUT2D eigenvalue weighted by atomic mass is 19.1. The zero-order chi connectivity index (χ0) is 23.5. The fraction of sp³-hybridized carbons (Fsp3) is 0.130. The molecule has 0 spiro atoms. The van der Waals surface area contributed by atoms with Crippen LogP contribution in [0.4, 0.5) is 10.2 Å². The molecule has 0 atom stereocenters. The first-order valence-electron chi connectivity index (χ1n) is 9.99. The molecule has 0 aliphatic rings. The summed E-state index contributed by atoms with van der Waals surface area (Å²) in [6, 6.07) is 9.82. The van der Waals surface area contributed by atoms with Gasteiger partial charge in [0.05, 0.1) is 17.6 Å². The first-order valence-corrected chi connectivity index (χ1v) is 9.99. The van der Waals surface area contributed by atoms with Gasteiger partial charge in [-0.25, -0.2) is 23.9 Å². The van der Waals surface area contributed by atoms with E-state index in [1.807, 2.05) is 24.6 Å². The van der Waals surface area contributed by atoms with Crippen molar-refractivity contribution in [3.63, 3.8) is 0 Å². The summed E-state index contributed by atoms with van der Waals surface area (Å²) >= 11 is 0. The van der Waals surface area contributed by atoms with Gasteiger partial charge in [0, 0.05) is 24.4 Å². The number of aliphatic imine (C=N–C) groups is 2. The lowest BCUT2D eigenvalue weighted by molar-refractivity contribution is -0.112. The molecule has 4 aromatic rings. The Bertz CT molecular complexity index is 1410. The molecular formula is C23H21FN8O. The fourth-order valence-corrected chi connectivity index (χ4v) is 3.25. The Balaban J connectivity index is 1.68. The van der Waals surface area contributed by atoms with Crippen LogP contribution in [-0.2, 0) is 11.8 Å². The molecule has 0 aliphatic heterocycles. The maximum Gasteiger partial charge on any atom is 0.254 e. The Kier molecular flexibility index (Phi) is 5.90. The Morgan fingerprint density at radius 1 is 1.18 bits per heavy atom. The highest BCUT2D eigenvalue weighted by molar-refractivity contribution is 6.02. The lowest BCUT2D eigenvalue weighted by atomic mass is 10.1. The molecule has 4 rings (SSSR count). The predicted molar refractivity (Wildman–Crippen MR) is 126 cm³/mol. The zero-order valence-corrected chi connectivity index (χ0v) is 18.3. The zero-order valence-electron chi connectivity index (χ0n) is 18.3. The predicted octanol–water partition coefficient (Wildman–Crippen LogP) is 3.82. The molecule has 33 heavy (non-hydrogen) atoms. The molecule has 9 nitrogen and oxygen atoms in total. The van der Waals surface area contributed by atoms with Gasteiger partial charge >= 0.3 is 0 Å². The van der Waals surface area contributed by atoms with Gasteiger partial charge in [-0.3, -0.25) is 9.79 Å². The summed E-state index contributed by atoms with van der Waals surface area (Å²) in [6.07, 6.45) is 4.25. The van der Waals surface area contributed by atoms with Crippen LogP contribution < -0.4 is 5.32 Å². The SMILES string of the molecule is C=NC=N/C=C(\C)C(=O)Nc1cn2nc(-c3c(-c4ccc(F)cc4)nc(C)n3C)ccc2n1. The number of nitrogens with zero attached hydrogens (tertiary/aromatic N) is 7. The molecule has 3 heterocycles. The Labute approximate surface area is 189 Å². The summed E-state index contributed by atoms with van der Waals surface area (Å²) in [6.45, 7) is 6.81. The summed E-state index contributed by atoms with van der Waals surface area (Å²) in [5.41, 5.74) is 3.87. The number of carbonyl (C=O) groups excluding carboxylic acids is 1. The fourth-order valence-electron chi connectivity index (χ4n) is 3.25. The number of aromatic nitrogens is 5. The van der Waals surface area contributed by atoms with E-state index >= 15 is 0 Å². The van der Waals surface area contributed by atoms with Crippen molar-refractivity contribution in [3.8, 4) is 22.6 Å². The molecule has 10 heteroatoms. The van der Waals surface area contributed by atoms with Crippen LogP contribution in [-0.4, -0.2) is 43.1 Å². The van der Waals surface area contributed by atoms with Gasteiger partial charge in [-0.1, -0.05) is 0 Å². The van der Waals surface area contributed by atoms with Crippen molar-refractivity contribution in [3.05, 3.63) is 66.0 Å². The monoisotopic (exact) mass is 444 g/mol. The van der Waals surface area contributed by atoms with Gasteiger partial charge in [-0.2, -0.15) is 5.10 Å². The first kappa shape index (κ1) is 21.8. The second-order valence-electron chi connectivity index (χ2n) is 7.28. The van der Waals surface area contributed by atoms with Crippen LogP contribution in [0.1, 0.15) is 12.7 Å². The molecule has 1 aromatic carbocycles. The number of rotatable bonds is 6. The molecule has 3 aromatic heterocycles. The molecule has 166 valence electrons. The van der Waals surface area contributed by atoms with Gasteiger partial charge in [0.1, 0.15) is 23.7 Å².